The zero-order valence-electron chi connectivity index (χ0n) is 16.3. The molecule has 0 atom stereocenters. The molecule has 1 amide bonds. The highest BCUT2D eigenvalue weighted by atomic mass is 16.6. The number of carbonyl (C=O) groups is 1. The number of anilines is 2. The maximum Gasteiger partial charge on any atom is 0.271 e. The lowest BCUT2D eigenvalue weighted by atomic mass is 10.1. The lowest BCUT2D eigenvalue weighted by Crippen LogP contribution is -2.46. The molecule has 2 heterocycles. The number of nitro benzene ring substituents is 1. The number of hydrogen-bond acceptors (Lipinski definition) is 7. The van der Waals surface area contributed by atoms with Crippen LogP contribution in [-0.2, 0) is 0 Å². The second kappa shape index (κ2) is 8.30. The maximum atomic E-state index is 12.7. The SMILES string of the molecule is CCN1CCN(c2ncc(C(=O)Nc3cc([N+](=O)[O-])ccc3C)c(C)n2)CC1. The largest absolute Gasteiger partial charge is 0.338 e. The minimum atomic E-state index is -0.490. The number of non-ortho nitro benzene ring substituents is 1. The van der Waals surface area contributed by atoms with Crippen molar-refractivity contribution in [2.24, 2.45) is 0 Å². The minimum absolute atomic E-state index is 0.0737. The Morgan fingerprint density at radius 3 is 2.57 bits per heavy atom. The van der Waals surface area contributed by atoms with E-state index in [-0.39, 0.29) is 11.6 Å². The van der Waals surface area contributed by atoms with Crippen molar-refractivity contribution in [3.8, 4) is 0 Å². The Hall–Kier alpha value is -3.07. The van der Waals surface area contributed by atoms with Crippen LogP contribution in [0, 0.1) is 24.0 Å². The number of nitrogens with one attached hydrogen (secondary N) is 1. The average Bonchev–Trinajstić information content (AvgIpc) is 2.69. The van der Waals surface area contributed by atoms with Gasteiger partial charge in [0.25, 0.3) is 11.6 Å². The third-order valence-corrected chi connectivity index (χ3v) is 4.99. The monoisotopic (exact) mass is 384 g/mol. The molecule has 0 saturated carbocycles. The summed E-state index contributed by atoms with van der Waals surface area (Å²) in [6.07, 6.45) is 1.52. The highest BCUT2D eigenvalue weighted by molar-refractivity contribution is 6.05. The summed E-state index contributed by atoms with van der Waals surface area (Å²) < 4.78 is 0. The summed E-state index contributed by atoms with van der Waals surface area (Å²) in [6.45, 7) is 10.4. The second-order valence-electron chi connectivity index (χ2n) is 6.80. The normalized spacial score (nSPS) is 14.8. The number of rotatable bonds is 5. The van der Waals surface area contributed by atoms with Crippen LogP contribution < -0.4 is 10.2 Å². The van der Waals surface area contributed by atoms with E-state index in [2.05, 4.69) is 32.0 Å². The first-order valence-corrected chi connectivity index (χ1v) is 9.26. The number of benzene rings is 1. The smallest absolute Gasteiger partial charge is 0.271 e. The van der Waals surface area contributed by atoms with Crippen molar-refractivity contribution in [2.45, 2.75) is 20.8 Å². The molecule has 1 aromatic carbocycles. The van der Waals surface area contributed by atoms with Crippen molar-refractivity contribution >= 4 is 23.2 Å². The van der Waals surface area contributed by atoms with Gasteiger partial charge in [0.15, 0.2) is 0 Å². The van der Waals surface area contributed by atoms with E-state index >= 15 is 0 Å². The lowest BCUT2D eigenvalue weighted by Gasteiger charge is -2.34. The fraction of sp³-hybridized carbons (Fsp3) is 0.421. The molecule has 1 N–H and O–H groups in total. The molecule has 1 saturated heterocycles. The molecule has 0 spiro atoms. The Morgan fingerprint density at radius 1 is 1.25 bits per heavy atom. The average molecular weight is 384 g/mol. The lowest BCUT2D eigenvalue weighted by molar-refractivity contribution is -0.384. The summed E-state index contributed by atoms with van der Waals surface area (Å²) >= 11 is 0. The zero-order valence-corrected chi connectivity index (χ0v) is 16.3. The van der Waals surface area contributed by atoms with Crippen molar-refractivity contribution in [3.05, 3.63) is 51.3 Å². The Morgan fingerprint density at radius 2 is 1.96 bits per heavy atom. The van der Waals surface area contributed by atoms with Crippen LogP contribution in [0.4, 0.5) is 17.3 Å². The molecule has 1 aliphatic rings. The van der Waals surface area contributed by atoms with E-state index in [1.54, 1.807) is 19.9 Å². The molecular weight excluding hydrogens is 360 g/mol. The van der Waals surface area contributed by atoms with E-state index in [9.17, 15) is 14.9 Å². The molecule has 3 rings (SSSR count). The van der Waals surface area contributed by atoms with Crippen molar-refractivity contribution in [3.63, 3.8) is 0 Å². The van der Waals surface area contributed by atoms with Crippen LogP contribution in [0.15, 0.2) is 24.4 Å². The highest BCUT2D eigenvalue weighted by Gasteiger charge is 2.20. The zero-order chi connectivity index (χ0) is 20.3. The van der Waals surface area contributed by atoms with Crippen molar-refractivity contribution in [1.29, 1.82) is 0 Å². The molecule has 9 nitrogen and oxygen atoms in total. The summed E-state index contributed by atoms with van der Waals surface area (Å²) in [5.74, 6) is 0.236. The number of nitro groups is 1. The number of likely N-dealkylation sites (N-methyl/N-ethyl adjacent to an activating group) is 1. The first-order valence-electron chi connectivity index (χ1n) is 9.26. The molecule has 0 bridgehead atoms. The summed E-state index contributed by atoms with van der Waals surface area (Å²) in [5.41, 5.74) is 1.99. The number of aromatic nitrogens is 2. The first-order chi connectivity index (χ1) is 13.4. The summed E-state index contributed by atoms with van der Waals surface area (Å²) in [7, 11) is 0. The predicted octanol–water partition coefficient (Wildman–Crippen LogP) is 2.40. The second-order valence-corrected chi connectivity index (χ2v) is 6.80. The summed E-state index contributed by atoms with van der Waals surface area (Å²) in [4.78, 5) is 36.5. The molecular formula is C19H24N6O3. The van der Waals surface area contributed by atoms with Gasteiger partial charge in [0.2, 0.25) is 5.95 Å². The summed E-state index contributed by atoms with van der Waals surface area (Å²) in [5, 5.41) is 13.7. The van der Waals surface area contributed by atoms with E-state index in [4.69, 9.17) is 0 Å². The van der Waals surface area contributed by atoms with Gasteiger partial charge in [-0.1, -0.05) is 13.0 Å². The van der Waals surface area contributed by atoms with Crippen LogP contribution in [0.25, 0.3) is 0 Å². The molecule has 0 unspecified atom stereocenters. The Balaban J connectivity index is 1.75. The van der Waals surface area contributed by atoms with E-state index < -0.39 is 4.92 Å². The van der Waals surface area contributed by atoms with Gasteiger partial charge in [-0.3, -0.25) is 14.9 Å². The third-order valence-electron chi connectivity index (χ3n) is 4.99. The maximum absolute atomic E-state index is 12.7. The first kappa shape index (κ1) is 19.7. The van der Waals surface area contributed by atoms with Crippen LogP contribution >= 0.6 is 0 Å². The van der Waals surface area contributed by atoms with Gasteiger partial charge in [0, 0.05) is 44.5 Å². The van der Waals surface area contributed by atoms with Gasteiger partial charge in [0.1, 0.15) is 0 Å². The predicted molar refractivity (Wildman–Crippen MR) is 107 cm³/mol. The van der Waals surface area contributed by atoms with Crippen LogP contribution in [0.5, 0.6) is 0 Å². The van der Waals surface area contributed by atoms with E-state index in [1.807, 2.05) is 0 Å². The molecule has 0 aliphatic carbocycles. The number of amides is 1. The highest BCUT2D eigenvalue weighted by Crippen LogP contribution is 2.23. The minimum Gasteiger partial charge on any atom is -0.338 e. The Labute approximate surface area is 163 Å². The van der Waals surface area contributed by atoms with Crippen LogP contribution in [0.1, 0.15) is 28.5 Å². The van der Waals surface area contributed by atoms with Crippen LogP contribution in [0.3, 0.4) is 0 Å². The van der Waals surface area contributed by atoms with Crippen molar-refractivity contribution in [2.75, 3.05) is 42.9 Å². The van der Waals surface area contributed by atoms with Gasteiger partial charge in [-0.15, -0.1) is 0 Å². The standard InChI is InChI=1S/C19H24N6O3/c1-4-23-7-9-24(10-8-23)19-20-12-16(14(3)21-19)18(26)22-17-11-15(25(27)28)6-5-13(17)2/h5-6,11-12H,4,7-10H2,1-3H3,(H,22,26). The van der Waals surface area contributed by atoms with E-state index in [1.165, 1.54) is 18.3 Å². The van der Waals surface area contributed by atoms with Gasteiger partial charge in [-0.05, 0) is 26.0 Å². The van der Waals surface area contributed by atoms with Crippen molar-refractivity contribution < 1.29 is 9.72 Å². The molecule has 148 valence electrons. The molecule has 1 aromatic heterocycles. The molecule has 2 aromatic rings. The van der Waals surface area contributed by atoms with Gasteiger partial charge >= 0.3 is 0 Å². The number of carbonyl (C=O) groups excluding carboxylic acids is 1. The van der Waals surface area contributed by atoms with Gasteiger partial charge in [-0.2, -0.15) is 0 Å². The number of hydrogen-bond donors (Lipinski definition) is 1. The fourth-order valence-electron chi connectivity index (χ4n) is 3.14. The molecule has 1 aliphatic heterocycles. The topological polar surface area (TPSA) is 104 Å². The van der Waals surface area contributed by atoms with Gasteiger partial charge < -0.3 is 15.1 Å². The number of piperazine rings is 1. The molecule has 0 radical (unpaired) electrons. The van der Waals surface area contributed by atoms with Crippen LogP contribution in [-0.4, -0.2) is 58.4 Å². The van der Waals surface area contributed by atoms with Crippen molar-refractivity contribution in [1.82, 2.24) is 14.9 Å². The molecule has 1 fully saturated rings. The van der Waals surface area contributed by atoms with Gasteiger partial charge in [-0.25, -0.2) is 9.97 Å². The quantitative estimate of drug-likeness (QED) is 0.623. The summed E-state index contributed by atoms with van der Waals surface area (Å²) in [6, 6.07) is 4.37. The molecule has 9 heteroatoms. The Kier molecular flexibility index (Phi) is 5.84. The molecule has 28 heavy (non-hydrogen) atoms. The number of aryl methyl sites for hydroxylation is 2. The van der Waals surface area contributed by atoms with Gasteiger partial charge in [0.05, 0.1) is 21.9 Å². The Bertz CT molecular complexity index is 893. The van der Waals surface area contributed by atoms with E-state index in [0.29, 0.717) is 22.9 Å². The number of nitrogens with zero attached hydrogens (tertiary/aromatic N) is 5. The van der Waals surface area contributed by atoms with E-state index in [0.717, 1.165) is 38.3 Å². The third kappa shape index (κ3) is 4.25. The fourth-order valence-corrected chi connectivity index (χ4v) is 3.14. The van der Waals surface area contributed by atoms with Crippen LogP contribution in [0.2, 0.25) is 0 Å².